The Morgan fingerprint density at radius 1 is 1.06 bits per heavy atom. The van der Waals surface area contributed by atoms with Crippen LogP contribution in [-0.2, 0) is 16.1 Å². The van der Waals surface area contributed by atoms with Crippen molar-refractivity contribution >= 4 is 27.7 Å². The van der Waals surface area contributed by atoms with Gasteiger partial charge in [0.15, 0.2) is 6.61 Å². The van der Waals surface area contributed by atoms with E-state index in [0.29, 0.717) is 18.7 Å². The van der Waals surface area contributed by atoms with Gasteiger partial charge in [-0.2, -0.15) is 0 Å². The fraction of sp³-hybridized carbons (Fsp3) is 0.500. The van der Waals surface area contributed by atoms with Crippen LogP contribution in [0.15, 0.2) is 40.9 Å². The number of nitrogens with one attached hydrogen (secondary N) is 1. The molecule has 0 spiro atoms. The fourth-order valence-corrected chi connectivity index (χ4v) is 4.84. The zero-order valence-electron chi connectivity index (χ0n) is 21.2. The summed E-state index contributed by atoms with van der Waals surface area (Å²) in [5.74, 6) is 1.08. The van der Waals surface area contributed by atoms with Gasteiger partial charge >= 0.3 is 0 Å². The number of aryl methyl sites for hydroxylation is 2. The van der Waals surface area contributed by atoms with E-state index in [1.807, 2.05) is 57.2 Å². The van der Waals surface area contributed by atoms with Crippen molar-refractivity contribution in [3.05, 3.63) is 57.6 Å². The van der Waals surface area contributed by atoms with Crippen LogP contribution < -0.4 is 14.8 Å². The van der Waals surface area contributed by atoms with Crippen LogP contribution in [0, 0.1) is 13.8 Å². The second kappa shape index (κ2) is 13.0. The van der Waals surface area contributed by atoms with E-state index in [4.69, 9.17) is 9.47 Å². The highest BCUT2D eigenvalue weighted by Crippen LogP contribution is 2.26. The van der Waals surface area contributed by atoms with Crippen molar-refractivity contribution in [2.45, 2.75) is 77.9 Å². The van der Waals surface area contributed by atoms with Gasteiger partial charge in [-0.15, -0.1) is 0 Å². The predicted octanol–water partition coefficient (Wildman–Crippen LogP) is 5.71. The van der Waals surface area contributed by atoms with E-state index in [0.717, 1.165) is 52.6 Å². The predicted molar refractivity (Wildman–Crippen MR) is 142 cm³/mol. The molecule has 0 radical (unpaired) electrons. The van der Waals surface area contributed by atoms with Crippen LogP contribution in [0.2, 0.25) is 0 Å². The Kier molecular flexibility index (Phi) is 10.0. The minimum Gasteiger partial charge on any atom is -0.497 e. The zero-order chi connectivity index (χ0) is 25.4. The first-order valence-corrected chi connectivity index (χ1v) is 13.2. The Morgan fingerprint density at radius 3 is 2.26 bits per heavy atom. The van der Waals surface area contributed by atoms with Gasteiger partial charge in [-0.1, -0.05) is 54.2 Å². The third-order valence-corrected chi connectivity index (χ3v) is 7.87. The Labute approximate surface area is 217 Å². The van der Waals surface area contributed by atoms with Gasteiger partial charge in [-0.25, -0.2) is 0 Å². The number of hydrogen-bond acceptors (Lipinski definition) is 4. The quantitative estimate of drug-likeness (QED) is 0.416. The van der Waals surface area contributed by atoms with Crippen molar-refractivity contribution in [1.82, 2.24) is 10.2 Å². The zero-order valence-corrected chi connectivity index (χ0v) is 22.8. The molecule has 2 aromatic carbocycles. The van der Waals surface area contributed by atoms with Crippen LogP contribution in [0.3, 0.4) is 0 Å². The summed E-state index contributed by atoms with van der Waals surface area (Å²) in [6.45, 7) is 6.11. The molecule has 0 heterocycles. The number of benzene rings is 2. The van der Waals surface area contributed by atoms with Crippen molar-refractivity contribution in [3.8, 4) is 11.5 Å². The number of methoxy groups -OCH3 is 1. The molecule has 7 heteroatoms. The van der Waals surface area contributed by atoms with Gasteiger partial charge in [0.2, 0.25) is 5.91 Å². The van der Waals surface area contributed by atoms with E-state index in [-0.39, 0.29) is 24.5 Å². The molecule has 0 saturated heterocycles. The van der Waals surface area contributed by atoms with Crippen molar-refractivity contribution < 1.29 is 19.1 Å². The number of halogens is 1. The molecule has 1 atom stereocenters. The summed E-state index contributed by atoms with van der Waals surface area (Å²) >= 11 is 3.56. The minimum atomic E-state index is -0.566. The molecular weight excluding hydrogens is 508 g/mol. The lowest BCUT2D eigenvalue weighted by atomic mass is 9.95. The standard InChI is InChI=1S/C28H37BrN2O4/c1-5-25(28(33)30-22-9-7-6-8-10-22)31(17-21-11-13-23(34-4)14-12-21)26(32)18-35-24-15-19(2)27(29)20(3)16-24/h11-16,22,25H,5-10,17-18H2,1-4H3,(H,30,33)/t25-/m1/s1. The molecule has 0 aromatic heterocycles. The summed E-state index contributed by atoms with van der Waals surface area (Å²) in [5.41, 5.74) is 3.01. The van der Waals surface area contributed by atoms with E-state index in [1.54, 1.807) is 12.0 Å². The van der Waals surface area contributed by atoms with Gasteiger partial charge in [0.05, 0.1) is 7.11 Å². The molecule has 1 saturated carbocycles. The molecule has 2 amide bonds. The number of carbonyl (C=O) groups excluding carboxylic acids is 2. The first-order chi connectivity index (χ1) is 16.8. The van der Waals surface area contributed by atoms with E-state index in [9.17, 15) is 9.59 Å². The Morgan fingerprint density at radius 2 is 1.69 bits per heavy atom. The lowest BCUT2D eigenvalue weighted by Gasteiger charge is -2.32. The number of nitrogens with zero attached hydrogens (tertiary/aromatic N) is 1. The molecule has 1 aliphatic rings. The first kappa shape index (κ1) is 27.1. The number of rotatable bonds is 10. The van der Waals surface area contributed by atoms with Gasteiger partial charge in [0.25, 0.3) is 5.91 Å². The fourth-order valence-electron chi connectivity index (χ4n) is 4.61. The second-order valence-electron chi connectivity index (χ2n) is 9.30. The van der Waals surface area contributed by atoms with E-state index in [1.165, 1.54) is 6.42 Å². The molecule has 1 aliphatic carbocycles. The average Bonchev–Trinajstić information content (AvgIpc) is 2.86. The normalized spacial score (nSPS) is 14.8. The number of hydrogen-bond donors (Lipinski definition) is 1. The van der Waals surface area contributed by atoms with Crippen LogP contribution in [0.5, 0.6) is 11.5 Å². The van der Waals surface area contributed by atoms with Crippen LogP contribution in [0.25, 0.3) is 0 Å². The van der Waals surface area contributed by atoms with Crippen LogP contribution >= 0.6 is 15.9 Å². The maximum Gasteiger partial charge on any atom is 0.261 e. The second-order valence-corrected chi connectivity index (χ2v) is 10.1. The monoisotopic (exact) mass is 544 g/mol. The third kappa shape index (κ3) is 7.47. The molecule has 0 unspecified atom stereocenters. The van der Waals surface area contributed by atoms with Crippen molar-refractivity contribution in [2.75, 3.05) is 13.7 Å². The van der Waals surface area contributed by atoms with Crippen molar-refractivity contribution in [2.24, 2.45) is 0 Å². The summed E-state index contributed by atoms with van der Waals surface area (Å²) in [4.78, 5) is 28.4. The highest BCUT2D eigenvalue weighted by atomic mass is 79.9. The van der Waals surface area contributed by atoms with Crippen molar-refractivity contribution in [1.29, 1.82) is 0 Å². The number of ether oxygens (including phenoxy) is 2. The van der Waals surface area contributed by atoms with E-state index < -0.39 is 6.04 Å². The maximum atomic E-state index is 13.5. The smallest absolute Gasteiger partial charge is 0.261 e. The Hall–Kier alpha value is -2.54. The lowest BCUT2D eigenvalue weighted by molar-refractivity contribution is -0.143. The average molecular weight is 546 g/mol. The summed E-state index contributed by atoms with van der Waals surface area (Å²) in [7, 11) is 1.62. The molecule has 6 nitrogen and oxygen atoms in total. The van der Waals surface area contributed by atoms with Gasteiger partial charge in [-0.05, 0) is 74.1 Å². The summed E-state index contributed by atoms with van der Waals surface area (Å²) in [5, 5.41) is 3.21. The molecular formula is C28H37BrN2O4. The number of carbonyl (C=O) groups is 2. The SMILES string of the molecule is CC[C@H](C(=O)NC1CCCCC1)N(Cc1ccc(OC)cc1)C(=O)COc1cc(C)c(Br)c(C)c1. The van der Waals surface area contributed by atoms with Crippen LogP contribution in [0.4, 0.5) is 0 Å². The highest BCUT2D eigenvalue weighted by molar-refractivity contribution is 9.10. The Balaban J connectivity index is 1.78. The third-order valence-electron chi connectivity index (χ3n) is 6.62. The lowest BCUT2D eigenvalue weighted by Crippen LogP contribution is -2.52. The first-order valence-electron chi connectivity index (χ1n) is 12.4. The Bertz CT molecular complexity index is 980. The van der Waals surface area contributed by atoms with Gasteiger partial charge in [0, 0.05) is 17.1 Å². The molecule has 1 N–H and O–H groups in total. The van der Waals surface area contributed by atoms with Crippen LogP contribution in [-0.4, -0.2) is 42.5 Å². The molecule has 0 bridgehead atoms. The minimum absolute atomic E-state index is 0.0865. The molecule has 35 heavy (non-hydrogen) atoms. The molecule has 1 fully saturated rings. The summed E-state index contributed by atoms with van der Waals surface area (Å²) in [6.07, 6.45) is 6.01. The topological polar surface area (TPSA) is 67.9 Å². The van der Waals surface area contributed by atoms with Gasteiger partial charge in [-0.3, -0.25) is 9.59 Å². The molecule has 2 aromatic rings. The summed E-state index contributed by atoms with van der Waals surface area (Å²) in [6, 6.07) is 11.0. The molecule has 190 valence electrons. The molecule has 3 rings (SSSR count). The van der Waals surface area contributed by atoms with Crippen LogP contribution in [0.1, 0.15) is 62.1 Å². The number of amides is 2. The molecule has 0 aliphatic heterocycles. The van der Waals surface area contributed by atoms with Gasteiger partial charge < -0.3 is 19.7 Å². The van der Waals surface area contributed by atoms with E-state index in [2.05, 4.69) is 21.2 Å². The summed E-state index contributed by atoms with van der Waals surface area (Å²) < 4.78 is 12.2. The van der Waals surface area contributed by atoms with Gasteiger partial charge in [0.1, 0.15) is 17.5 Å². The van der Waals surface area contributed by atoms with E-state index >= 15 is 0 Å². The maximum absolute atomic E-state index is 13.5. The largest absolute Gasteiger partial charge is 0.497 e. The highest BCUT2D eigenvalue weighted by Gasteiger charge is 2.30. The van der Waals surface area contributed by atoms with Crippen molar-refractivity contribution in [3.63, 3.8) is 0 Å².